The first-order valence-corrected chi connectivity index (χ1v) is 6.68. The SMILES string of the molecule is CCC(N)C(OC(C)C(F)(F)F)c1ccc(Cl)s1. The Labute approximate surface area is 113 Å². The van der Waals surface area contributed by atoms with E-state index >= 15 is 0 Å². The third-order valence-corrected chi connectivity index (χ3v) is 3.84. The zero-order chi connectivity index (χ0) is 13.9. The van der Waals surface area contributed by atoms with E-state index in [-0.39, 0.29) is 0 Å². The molecule has 0 aromatic carbocycles. The van der Waals surface area contributed by atoms with E-state index in [0.717, 1.165) is 6.92 Å². The summed E-state index contributed by atoms with van der Waals surface area (Å²) < 4.78 is 43.1. The number of hydrogen-bond acceptors (Lipinski definition) is 3. The number of rotatable bonds is 5. The van der Waals surface area contributed by atoms with Crippen molar-refractivity contribution in [2.75, 3.05) is 0 Å². The van der Waals surface area contributed by atoms with Gasteiger partial charge in [0, 0.05) is 10.9 Å². The third kappa shape index (κ3) is 4.12. The van der Waals surface area contributed by atoms with Gasteiger partial charge in [-0.1, -0.05) is 18.5 Å². The predicted molar refractivity (Wildman–Crippen MR) is 66.9 cm³/mol. The van der Waals surface area contributed by atoms with Crippen LogP contribution in [-0.4, -0.2) is 18.3 Å². The minimum absolute atomic E-state index is 0.496. The molecule has 3 atom stereocenters. The molecule has 3 unspecified atom stereocenters. The maximum Gasteiger partial charge on any atom is 0.414 e. The van der Waals surface area contributed by atoms with Gasteiger partial charge in [0.05, 0.1) is 4.34 Å². The molecule has 0 amide bonds. The summed E-state index contributed by atoms with van der Waals surface area (Å²) in [6, 6.07) is 2.78. The zero-order valence-corrected chi connectivity index (χ0v) is 11.6. The van der Waals surface area contributed by atoms with Gasteiger partial charge in [0.2, 0.25) is 0 Å². The third-order valence-electron chi connectivity index (χ3n) is 2.55. The normalized spacial score (nSPS) is 17.5. The van der Waals surface area contributed by atoms with Crippen molar-refractivity contribution in [1.82, 2.24) is 0 Å². The first kappa shape index (κ1) is 15.8. The Morgan fingerprint density at radius 1 is 1.44 bits per heavy atom. The van der Waals surface area contributed by atoms with E-state index in [1.54, 1.807) is 19.1 Å². The van der Waals surface area contributed by atoms with Gasteiger partial charge in [-0.05, 0) is 25.5 Å². The van der Waals surface area contributed by atoms with Crippen molar-refractivity contribution in [1.29, 1.82) is 0 Å². The van der Waals surface area contributed by atoms with E-state index < -0.39 is 24.4 Å². The highest BCUT2D eigenvalue weighted by atomic mass is 35.5. The summed E-state index contributed by atoms with van der Waals surface area (Å²) in [6.45, 7) is 2.78. The fourth-order valence-corrected chi connectivity index (χ4v) is 2.55. The summed E-state index contributed by atoms with van der Waals surface area (Å²) in [7, 11) is 0. The Balaban J connectivity index is 2.86. The molecule has 1 rings (SSSR count). The number of halogens is 4. The fraction of sp³-hybridized carbons (Fsp3) is 0.636. The van der Waals surface area contributed by atoms with E-state index in [1.807, 2.05) is 0 Å². The van der Waals surface area contributed by atoms with Gasteiger partial charge < -0.3 is 10.5 Å². The van der Waals surface area contributed by atoms with Gasteiger partial charge in [-0.25, -0.2) is 0 Å². The molecule has 2 N–H and O–H groups in total. The molecule has 104 valence electrons. The summed E-state index contributed by atoms with van der Waals surface area (Å²) in [5.41, 5.74) is 5.82. The number of alkyl halides is 3. The van der Waals surface area contributed by atoms with E-state index in [9.17, 15) is 13.2 Å². The Morgan fingerprint density at radius 3 is 2.44 bits per heavy atom. The van der Waals surface area contributed by atoms with Crippen molar-refractivity contribution in [3.8, 4) is 0 Å². The lowest BCUT2D eigenvalue weighted by atomic mass is 10.1. The maximum atomic E-state index is 12.5. The molecule has 1 heterocycles. The lowest BCUT2D eigenvalue weighted by Crippen LogP contribution is -2.36. The second-order valence-electron chi connectivity index (χ2n) is 3.95. The van der Waals surface area contributed by atoms with E-state index in [2.05, 4.69) is 0 Å². The lowest BCUT2D eigenvalue weighted by Gasteiger charge is -2.27. The largest absolute Gasteiger partial charge is 0.414 e. The molecule has 0 radical (unpaired) electrons. The standard InChI is InChI=1S/C11H15ClF3NOS/c1-3-7(16)10(8-4-5-9(12)18-8)17-6(2)11(13,14)15/h4-7,10H,3,16H2,1-2H3. The topological polar surface area (TPSA) is 35.2 Å². The second-order valence-corrected chi connectivity index (χ2v) is 5.70. The highest BCUT2D eigenvalue weighted by Gasteiger charge is 2.39. The minimum Gasteiger partial charge on any atom is -0.359 e. The monoisotopic (exact) mass is 301 g/mol. The molecule has 0 spiro atoms. The van der Waals surface area contributed by atoms with Gasteiger partial charge in [-0.2, -0.15) is 13.2 Å². The average Bonchev–Trinajstić information content (AvgIpc) is 2.69. The highest BCUT2D eigenvalue weighted by Crippen LogP contribution is 2.35. The molecule has 0 saturated carbocycles. The number of nitrogens with two attached hydrogens (primary N) is 1. The quantitative estimate of drug-likeness (QED) is 0.887. The van der Waals surface area contributed by atoms with Gasteiger partial charge in [0.25, 0.3) is 0 Å². The van der Waals surface area contributed by atoms with Crippen LogP contribution >= 0.6 is 22.9 Å². The molecule has 18 heavy (non-hydrogen) atoms. The molecule has 7 heteroatoms. The van der Waals surface area contributed by atoms with Gasteiger partial charge in [0.15, 0.2) is 6.10 Å². The van der Waals surface area contributed by atoms with Crippen LogP contribution in [0.3, 0.4) is 0 Å². The van der Waals surface area contributed by atoms with Crippen LogP contribution in [0.5, 0.6) is 0 Å². The van der Waals surface area contributed by atoms with Crippen LogP contribution in [0, 0.1) is 0 Å². The summed E-state index contributed by atoms with van der Waals surface area (Å²) in [5.74, 6) is 0. The Bertz CT molecular complexity index is 383. The Hall–Kier alpha value is -0.300. The second kappa shape index (κ2) is 6.23. The Kier molecular flexibility index (Phi) is 5.46. The molecule has 0 aliphatic rings. The fourth-order valence-electron chi connectivity index (χ4n) is 1.37. The van der Waals surface area contributed by atoms with Gasteiger partial charge in [-0.15, -0.1) is 11.3 Å². The van der Waals surface area contributed by atoms with Crippen LogP contribution in [0.25, 0.3) is 0 Å². The zero-order valence-electron chi connectivity index (χ0n) is 10.00. The Morgan fingerprint density at radius 2 is 2.06 bits per heavy atom. The molecule has 0 aliphatic carbocycles. The van der Waals surface area contributed by atoms with Gasteiger partial charge in [0.1, 0.15) is 6.10 Å². The van der Waals surface area contributed by atoms with Crippen molar-refractivity contribution in [2.24, 2.45) is 5.73 Å². The molecule has 2 nitrogen and oxygen atoms in total. The lowest BCUT2D eigenvalue weighted by molar-refractivity contribution is -0.229. The molecular formula is C11H15ClF3NOS. The van der Waals surface area contributed by atoms with E-state index in [1.165, 1.54) is 11.3 Å². The summed E-state index contributed by atoms with van der Waals surface area (Å²) in [4.78, 5) is 0.616. The summed E-state index contributed by atoms with van der Waals surface area (Å²) >= 11 is 6.96. The van der Waals surface area contributed by atoms with E-state index in [4.69, 9.17) is 22.1 Å². The first-order chi connectivity index (χ1) is 8.25. The van der Waals surface area contributed by atoms with E-state index in [0.29, 0.717) is 15.6 Å². The molecular weight excluding hydrogens is 287 g/mol. The number of ether oxygens (including phenoxy) is 1. The summed E-state index contributed by atoms with van der Waals surface area (Å²) in [5, 5.41) is 0. The van der Waals surface area contributed by atoms with Crippen LogP contribution in [0.15, 0.2) is 12.1 Å². The van der Waals surface area contributed by atoms with Crippen LogP contribution in [0.4, 0.5) is 13.2 Å². The molecule has 0 fully saturated rings. The maximum absolute atomic E-state index is 12.5. The van der Waals surface area contributed by atoms with Gasteiger partial charge in [-0.3, -0.25) is 0 Å². The minimum atomic E-state index is -4.40. The number of hydrogen-bond donors (Lipinski definition) is 1. The van der Waals surface area contributed by atoms with Crippen molar-refractivity contribution >= 4 is 22.9 Å². The molecule has 0 aliphatic heterocycles. The molecule has 1 aromatic heterocycles. The smallest absolute Gasteiger partial charge is 0.359 e. The van der Waals surface area contributed by atoms with Gasteiger partial charge >= 0.3 is 6.18 Å². The van der Waals surface area contributed by atoms with Crippen molar-refractivity contribution < 1.29 is 17.9 Å². The number of thiophene rings is 1. The predicted octanol–water partition coefficient (Wildman–Crippen LogP) is 4.15. The van der Waals surface area contributed by atoms with Crippen LogP contribution in [0.1, 0.15) is 31.2 Å². The molecule has 1 aromatic rings. The van der Waals surface area contributed by atoms with Crippen LogP contribution in [0.2, 0.25) is 4.34 Å². The average molecular weight is 302 g/mol. The van der Waals surface area contributed by atoms with Crippen molar-refractivity contribution in [3.63, 3.8) is 0 Å². The van der Waals surface area contributed by atoms with Crippen LogP contribution in [-0.2, 0) is 4.74 Å². The molecule has 0 bridgehead atoms. The summed E-state index contributed by atoms with van der Waals surface area (Å²) in [6.07, 6.45) is -6.53. The van der Waals surface area contributed by atoms with Crippen molar-refractivity contribution in [2.45, 2.75) is 44.7 Å². The highest BCUT2D eigenvalue weighted by molar-refractivity contribution is 7.16. The van der Waals surface area contributed by atoms with Crippen molar-refractivity contribution in [3.05, 3.63) is 21.3 Å². The first-order valence-electron chi connectivity index (χ1n) is 5.48. The van der Waals surface area contributed by atoms with Crippen LogP contribution < -0.4 is 5.73 Å². The molecule has 0 saturated heterocycles.